The molecule has 0 saturated heterocycles. The van der Waals surface area contributed by atoms with E-state index in [-0.39, 0.29) is 33.9 Å². The van der Waals surface area contributed by atoms with Gasteiger partial charge in [-0.15, -0.1) is 0 Å². The summed E-state index contributed by atoms with van der Waals surface area (Å²) in [7, 11) is 1.37. The number of unbranched alkanes of at least 4 members (excludes halogenated alkanes) is 1. The third kappa shape index (κ3) is 8.31. The normalized spacial score (nSPS) is 11.8. The van der Waals surface area contributed by atoms with Crippen molar-refractivity contribution in [3.8, 4) is 22.8 Å². The van der Waals surface area contributed by atoms with Crippen molar-refractivity contribution >= 4 is 11.8 Å². The first-order chi connectivity index (χ1) is 19.2. The summed E-state index contributed by atoms with van der Waals surface area (Å²) < 4.78 is 24.4. The number of benzene rings is 2. The third-order valence-corrected chi connectivity index (χ3v) is 6.83. The van der Waals surface area contributed by atoms with Gasteiger partial charge in [0.15, 0.2) is 29.4 Å². The minimum absolute atomic E-state index is 0.0457. The Hall–Kier alpha value is -3.88. The van der Waals surface area contributed by atoms with E-state index in [4.69, 9.17) is 9.15 Å². The molecule has 1 heterocycles. The molecule has 0 saturated carbocycles. The lowest BCUT2D eigenvalue weighted by molar-refractivity contribution is -0.121. The molecule has 0 atom stereocenters. The molecule has 0 aliphatic rings. The number of halogens is 1. The number of carbonyl (C=O) groups is 2. The van der Waals surface area contributed by atoms with Crippen LogP contribution in [0.4, 0.5) is 4.39 Å². The Labute approximate surface area is 241 Å². The SMILES string of the molecule is COc1ccc(-c2ocnc2C(=O)NCCCCNC(=O)CCc2cc(C(C)(C)C)c(O)c(C(C)(C)C)c2)cc1F. The van der Waals surface area contributed by atoms with Gasteiger partial charge in [0, 0.05) is 25.1 Å². The van der Waals surface area contributed by atoms with E-state index in [0.29, 0.717) is 50.1 Å². The molecule has 0 spiro atoms. The molecule has 0 fully saturated rings. The predicted octanol–water partition coefficient (Wildman–Crippen LogP) is 6.05. The molecule has 2 amide bonds. The van der Waals surface area contributed by atoms with Gasteiger partial charge < -0.3 is 24.9 Å². The molecule has 3 aromatic rings. The Morgan fingerprint density at radius 1 is 0.976 bits per heavy atom. The summed E-state index contributed by atoms with van der Waals surface area (Å²) >= 11 is 0. The summed E-state index contributed by atoms with van der Waals surface area (Å²) in [6.45, 7) is 13.3. The standard InChI is InChI=1S/C32H42FN3O5/c1-31(2,3)22-16-20(17-23(28(22)38)32(4,5)6)10-13-26(37)34-14-8-9-15-35-30(39)27-29(41-19-36-27)21-11-12-25(40-7)24(33)18-21/h11-12,16-19,38H,8-10,13-15H2,1-7H3,(H,34,37)(H,35,39). The summed E-state index contributed by atoms with van der Waals surface area (Å²) in [6.07, 6.45) is 3.40. The lowest BCUT2D eigenvalue weighted by Gasteiger charge is -2.28. The average Bonchev–Trinajstić information content (AvgIpc) is 3.38. The molecule has 0 unspecified atom stereocenters. The van der Waals surface area contributed by atoms with Crippen molar-refractivity contribution in [3.63, 3.8) is 0 Å². The summed E-state index contributed by atoms with van der Waals surface area (Å²) in [5.74, 6) is -0.435. The summed E-state index contributed by atoms with van der Waals surface area (Å²) in [4.78, 5) is 29.1. The fourth-order valence-corrected chi connectivity index (χ4v) is 4.51. The van der Waals surface area contributed by atoms with Gasteiger partial charge in [-0.2, -0.15) is 0 Å². The van der Waals surface area contributed by atoms with Crippen LogP contribution in [0.2, 0.25) is 0 Å². The maximum absolute atomic E-state index is 14.1. The van der Waals surface area contributed by atoms with Crippen LogP contribution in [0.5, 0.6) is 11.5 Å². The van der Waals surface area contributed by atoms with E-state index >= 15 is 0 Å². The number of oxazole rings is 1. The Bertz CT molecular complexity index is 1330. The number of phenolic OH excluding ortho intramolecular Hbond substituents is 1. The van der Waals surface area contributed by atoms with Crippen LogP contribution in [0.3, 0.4) is 0 Å². The van der Waals surface area contributed by atoms with Crippen LogP contribution in [0.1, 0.15) is 88.0 Å². The maximum atomic E-state index is 14.1. The van der Waals surface area contributed by atoms with Crippen LogP contribution in [-0.4, -0.2) is 42.1 Å². The third-order valence-electron chi connectivity index (χ3n) is 6.83. The van der Waals surface area contributed by atoms with Crippen LogP contribution in [0.25, 0.3) is 11.3 Å². The predicted molar refractivity (Wildman–Crippen MR) is 157 cm³/mol. The van der Waals surface area contributed by atoms with Gasteiger partial charge in [-0.25, -0.2) is 9.37 Å². The first kappa shape index (κ1) is 31.6. The molecule has 0 aliphatic carbocycles. The maximum Gasteiger partial charge on any atom is 0.273 e. The van der Waals surface area contributed by atoms with Crippen molar-refractivity contribution in [2.45, 2.75) is 78.1 Å². The molecular weight excluding hydrogens is 525 g/mol. The van der Waals surface area contributed by atoms with Crippen LogP contribution in [0.15, 0.2) is 41.1 Å². The number of amides is 2. The van der Waals surface area contributed by atoms with E-state index in [1.807, 2.05) is 12.1 Å². The van der Waals surface area contributed by atoms with E-state index in [1.54, 1.807) is 6.07 Å². The van der Waals surface area contributed by atoms with E-state index < -0.39 is 11.7 Å². The lowest BCUT2D eigenvalue weighted by atomic mass is 9.78. The van der Waals surface area contributed by atoms with E-state index in [9.17, 15) is 19.1 Å². The summed E-state index contributed by atoms with van der Waals surface area (Å²) in [6, 6.07) is 8.29. The average molecular weight is 568 g/mol. The van der Waals surface area contributed by atoms with Crippen molar-refractivity contribution in [1.82, 2.24) is 15.6 Å². The molecule has 3 rings (SSSR count). The number of rotatable bonds is 11. The smallest absolute Gasteiger partial charge is 0.273 e. The lowest BCUT2D eigenvalue weighted by Crippen LogP contribution is -2.28. The number of nitrogens with zero attached hydrogens (tertiary/aromatic N) is 1. The van der Waals surface area contributed by atoms with E-state index in [1.165, 1.54) is 19.2 Å². The number of nitrogens with one attached hydrogen (secondary N) is 2. The van der Waals surface area contributed by atoms with Crippen molar-refractivity contribution in [1.29, 1.82) is 0 Å². The van der Waals surface area contributed by atoms with Gasteiger partial charge in [0.2, 0.25) is 5.91 Å². The zero-order valence-corrected chi connectivity index (χ0v) is 25.1. The van der Waals surface area contributed by atoms with Gasteiger partial charge in [-0.1, -0.05) is 53.7 Å². The molecule has 1 aromatic heterocycles. The molecule has 0 bridgehead atoms. The number of phenols is 1. The Morgan fingerprint density at radius 2 is 1.59 bits per heavy atom. The quantitative estimate of drug-likeness (QED) is 0.243. The summed E-state index contributed by atoms with van der Waals surface area (Å²) in [5.41, 5.74) is 2.81. The highest BCUT2D eigenvalue weighted by Gasteiger charge is 2.26. The van der Waals surface area contributed by atoms with Gasteiger partial charge in [-0.3, -0.25) is 9.59 Å². The second kappa shape index (κ2) is 13.2. The van der Waals surface area contributed by atoms with Gasteiger partial charge in [0.05, 0.1) is 7.11 Å². The van der Waals surface area contributed by atoms with Crippen molar-refractivity contribution in [2.75, 3.05) is 20.2 Å². The topological polar surface area (TPSA) is 114 Å². The fourth-order valence-electron chi connectivity index (χ4n) is 4.51. The van der Waals surface area contributed by atoms with Crippen molar-refractivity contribution in [2.24, 2.45) is 0 Å². The molecule has 0 aliphatic heterocycles. The first-order valence-electron chi connectivity index (χ1n) is 13.9. The number of aryl methyl sites for hydroxylation is 1. The Morgan fingerprint density at radius 3 is 2.15 bits per heavy atom. The first-order valence-corrected chi connectivity index (χ1v) is 13.9. The number of aromatic hydroxyl groups is 1. The molecule has 41 heavy (non-hydrogen) atoms. The van der Waals surface area contributed by atoms with Crippen LogP contribution >= 0.6 is 0 Å². The monoisotopic (exact) mass is 567 g/mol. The number of carbonyl (C=O) groups excluding carboxylic acids is 2. The molecule has 3 N–H and O–H groups in total. The van der Waals surface area contributed by atoms with Crippen LogP contribution in [0, 0.1) is 5.82 Å². The number of hydrogen-bond donors (Lipinski definition) is 3. The zero-order valence-electron chi connectivity index (χ0n) is 25.1. The van der Waals surface area contributed by atoms with Gasteiger partial charge in [0.25, 0.3) is 5.91 Å². The number of hydrogen-bond acceptors (Lipinski definition) is 6. The van der Waals surface area contributed by atoms with Crippen molar-refractivity contribution in [3.05, 3.63) is 64.9 Å². The number of ether oxygens (including phenoxy) is 1. The van der Waals surface area contributed by atoms with Gasteiger partial charge >= 0.3 is 0 Å². The molecule has 2 aromatic carbocycles. The van der Waals surface area contributed by atoms with Crippen molar-refractivity contribution < 1.29 is 28.2 Å². The van der Waals surface area contributed by atoms with E-state index in [2.05, 4.69) is 57.2 Å². The Balaban J connectivity index is 1.44. The summed E-state index contributed by atoms with van der Waals surface area (Å²) in [5, 5.41) is 16.6. The molecule has 9 heteroatoms. The van der Waals surface area contributed by atoms with Crippen LogP contribution in [-0.2, 0) is 22.0 Å². The van der Waals surface area contributed by atoms with Gasteiger partial charge in [-0.05, 0) is 65.0 Å². The highest BCUT2D eigenvalue weighted by molar-refractivity contribution is 5.97. The zero-order chi connectivity index (χ0) is 30.4. The largest absolute Gasteiger partial charge is 0.507 e. The minimum atomic E-state index is -0.567. The molecule has 8 nitrogen and oxygen atoms in total. The van der Waals surface area contributed by atoms with Crippen LogP contribution < -0.4 is 15.4 Å². The fraction of sp³-hybridized carbons (Fsp3) is 0.469. The second-order valence-corrected chi connectivity index (χ2v) is 12.2. The molecule has 222 valence electrons. The number of aromatic nitrogens is 1. The Kier molecular flexibility index (Phi) is 10.2. The number of methoxy groups -OCH3 is 1. The molecular formula is C32H42FN3O5. The highest BCUT2D eigenvalue weighted by atomic mass is 19.1. The molecule has 0 radical (unpaired) electrons. The van der Waals surface area contributed by atoms with E-state index in [0.717, 1.165) is 23.1 Å². The highest BCUT2D eigenvalue weighted by Crippen LogP contribution is 2.40. The second-order valence-electron chi connectivity index (χ2n) is 12.2. The van der Waals surface area contributed by atoms with Gasteiger partial charge in [0.1, 0.15) is 5.75 Å². The minimum Gasteiger partial charge on any atom is -0.507 e.